The van der Waals surface area contributed by atoms with Gasteiger partial charge in [0.1, 0.15) is 12.8 Å². The van der Waals surface area contributed by atoms with Crippen LogP contribution in [-0.2, 0) is 18.4 Å². The monoisotopic (exact) mass is 354 g/mol. The van der Waals surface area contributed by atoms with E-state index in [1.807, 2.05) is 0 Å². The molecule has 1 aliphatic rings. The Hall–Kier alpha value is -2.02. The average molecular weight is 354 g/mol. The molecule has 0 radical (unpaired) electrons. The van der Waals surface area contributed by atoms with Crippen LogP contribution in [0.25, 0.3) is 0 Å². The van der Waals surface area contributed by atoms with Gasteiger partial charge in [0.25, 0.3) is 11.8 Å². The molecule has 0 fully saturated rings. The van der Waals surface area contributed by atoms with Crippen molar-refractivity contribution in [3.05, 3.63) is 35.4 Å². The summed E-state index contributed by atoms with van der Waals surface area (Å²) < 4.78 is 22.4. The van der Waals surface area contributed by atoms with Gasteiger partial charge < -0.3 is 14.4 Å². The van der Waals surface area contributed by atoms with Crippen molar-refractivity contribution in [2.75, 3.05) is 26.0 Å². The van der Waals surface area contributed by atoms with Gasteiger partial charge in [-0.15, -0.1) is 0 Å². The van der Waals surface area contributed by atoms with Crippen LogP contribution >= 0.6 is 7.60 Å². The second kappa shape index (κ2) is 7.70. The maximum atomic E-state index is 12.3. The van der Waals surface area contributed by atoms with E-state index < -0.39 is 31.9 Å². The molecule has 9 heteroatoms. The first-order valence-corrected chi connectivity index (χ1v) is 9.24. The molecule has 0 unspecified atom stereocenters. The zero-order valence-corrected chi connectivity index (χ0v) is 14.4. The maximum Gasteiger partial charge on any atom is 0.349 e. The predicted molar refractivity (Wildman–Crippen MR) is 85.7 cm³/mol. The van der Waals surface area contributed by atoms with E-state index in [0.717, 1.165) is 4.90 Å². The molecule has 0 spiro atoms. The van der Waals surface area contributed by atoms with E-state index in [9.17, 15) is 18.9 Å². The van der Waals surface area contributed by atoms with Crippen molar-refractivity contribution < 1.29 is 28.0 Å². The van der Waals surface area contributed by atoms with Crippen LogP contribution in [0.3, 0.4) is 0 Å². The molecule has 0 aromatic heterocycles. The third-order valence-corrected chi connectivity index (χ3v) is 5.15. The fraction of sp³-hybridized carbons (Fsp3) is 0.400. The quantitative estimate of drug-likeness (QED) is 0.562. The van der Waals surface area contributed by atoms with Crippen molar-refractivity contribution in [3.63, 3.8) is 0 Å². The molecule has 1 heterocycles. The lowest BCUT2D eigenvalue weighted by molar-refractivity contribution is -0.121. The minimum Gasteiger partial charge on any atom is -0.343 e. The number of hydrogen-bond donors (Lipinski definition) is 1. The number of carbonyl (C=O) groups excluding carboxylic acids is 3. The van der Waals surface area contributed by atoms with Crippen molar-refractivity contribution in [3.8, 4) is 0 Å². The Balaban J connectivity index is 1.97. The van der Waals surface area contributed by atoms with Crippen LogP contribution < -0.4 is 5.32 Å². The highest BCUT2D eigenvalue weighted by atomic mass is 31.2. The van der Waals surface area contributed by atoms with E-state index >= 15 is 0 Å². The molecular weight excluding hydrogens is 335 g/mol. The highest BCUT2D eigenvalue weighted by Gasteiger charge is 2.36. The summed E-state index contributed by atoms with van der Waals surface area (Å²) in [4.78, 5) is 37.2. The Kier molecular flexibility index (Phi) is 5.88. The number of fused-ring (bicyclic) bond motifs is 1. The SMILES string of the molecule is CCOP(=O)(CNC(=O)CN1C(=O)c2ccccc2C1=O)OCC. The minimum atomic E-state index is -3.43. The fourth-order valence-electron chi connectivity index (χ4n) is 2.29. The summed E-state index contributed by atoms with van der Waals surface area (Å²) in [6, 6.07) is 6.36. The van der Waals surface area contributed by atoms with Crippen molar-refractivity contribution in [2.24, 2.45) is 0 Å². The van der Waals surface area contributed by atoms with E-state index in [1.165, 1.54) is 12.1 Å². The second-order valence-electron chi connectivity index (χ2n) is 4.95. The van der Waals surface area contributed by atoms with Gasteiger partial charge in [0.15, 0.2) is 0 Å². The average Bonchev–Trinajstić information content (AvgIpc) is 2.79. The predicted octanol–water partition coefficient (Wildman–Crippen LogP) is 1.62. The number of rotatable bonds is 8. The van der Waals surface area contributed by atoms with Crippen LogP contribution in [0, 0.1) is 0 Å². The summed E-state index contributed by atoms with van der Waals surface area (Å²) in [5.74, 6) is -1.67. The van der Waals surface area contributed by atoms with Crippen LogP contribution in [0.4, 0.5) is 0 Å². The number of benzene rings is 1. The van der Waals surface area contributed by atoms with E-state index in [4.69, 9.17) is 9.05 Å². The number of imide groups is 1. The van der Waals surface area contributed by atoms with Gasteiger partial charge >= 0.3 is 7.60 Å². The smallest absolute Gasteiger partial charge is 0.343 e. The molecule has 130 valence electrons. The minimum absolute atomic E-state index is 0.172. The molecule has 0 saturated carbocycles. The third-order valence-electron chi connectivity index (χ3n) is 3.30. The molecule has 8 nitrogen and oxygen atoms in total. The summed E-state index contributed by atoms with van der Waals surface area (Å²) >= 11 is 0. The largest absolute Gasteiger partial charge is 0.349 e. The standard InChI is InChI=1S/C15H19N2O6P/c1-3-22-24(21,23-4-2)10-16-13(18)9-17-14(19)11-7-5-6-8-12(11)15(17)20/h5-8H,3-4,9-10H2,1-2H3,(H,16,18). The molecule has 1 aromatic rings. The first-order valence-electron chi connectivity index (χ1n) is 7.52. The van der Waals surface area contributed by atoms with Gasteiger partial charge in [0, 0.05) is 0 Å². The Labute approximate surface area is 139 Å². The molecule has 2 rings (SSSR count). The molecule has 24 heavy (non-hydrogen) atoms. The molecule has 0 atom stereocenters. The van der Waals surface area contributed by atoms with Crippen LogP contribution in [0.5, 0.6) is 0 Å². The highest BCUT2D eigenvalue weighted by molar-refractivity contribution is 7.53. The zero-order chi connectivity index (χ0) is 17.7. The second-order valence-corrected chi connectivity index (χ2v) is 7.00. The molecular formula is C15H19N2O6P. The summed E-state index contributed by atoms with van der Waals surface area (Å²) in [5.41, 5.74) is 0.536. The van der Waals surface area contributed by atoms with E-state index in [-0.39, 0.29) is 30.6 Å². The number of nitrogens with one attached hydrogen (secondary N) is 1. The molecule has 1 aromatic carbocycles. The summed E-state index contributed by atoms with van der Waals surface area (Å²) in [5, 5.41) is 2.39. The van der Waals surface area contributed by atoms with Gasteiger partial charge in [-0.3, -0.25) is 23.8 Å². The van der Waals surface area contributed by atoms with Gasteiger partial charge in [0.05, 0.1) is 24.3 Å². The van der Waals surface area contributed by atoms with Crippen molar-refractivity contribution in [1.29, 1.82) is 0 Å². The van der Waals surface area contributed by atoms with Gasteiger partial charge in [-0.1, -0.05) is 12.1 Å². The Morgan fingerprint density at radius 3 is 2.04 bits per heavy atom. The van der Waals surface area contributed by atoms with E-state index in [2.05, 4.69) is 5.32 Å². The number of amides is 3. The fourth-order valence-corrected chi connectivity index (χ4v) is 3.70. The number of nitrogens with zero attached hydrogens (tertiary/aromatic N) is 1. The Bertz CT molecular complexity index is 660. The summed E-state index contributed by atoms with van der Waals surface area (Å²) in [6.07, 6.45) is -0.323. The van der Waals surface area contributed by atoms with Crippen molar-refractivity contribution in [1.82, 2.24) is 10.2 Å². The van der Waals surface area contributed by atoms with Gasteiger partial charge in [0.2, 0.25) is 5.91 Å². The van der Waals surface area contributed by atoms with Gasteiger partial charge in [-0.2, -0.15) is 0 Å². The third kappa shape index (κ3) is 3.90. The summed E-state index contributed by atoms with van der Waals surface area (Å²) in [7, 11) is -3.43. The lowest BCUT2D eigenvalue weighted by Gasteiger charge is -2.18. The zero-order valence-electron chi connectivity index (χ0n) is 13.5. The van der Waals surface area contributed by atoms with Crippen LogP contribution in [-0.4, -0.2) is 48.7 Å². The topological polar surface area (TPSA) is 102 Å². The van der Waals surface area contributed by atoms with Crippen molar-refractivity contribution >= 4 is 25.3 Å². The lowest BCUT2D eigenvalue weighted by atomic mass is 10.1. The lowest BCUT2D eigenvalue weighted by Crippen LogP contribution is -2.40. The van der Waals surface area contributed by atoms with Crippen LogP contribution in [0.1, 0.15) is 34.6 Å². The highest BCUT2D eigenvalue weighted by Crippen LogP contribution is 2.46. The van der Waals surface area contributed by atoms with E-state index in [1.54, 1.807) is 26.0 Å². The molecule has 1 N–H and O–H groups in total. The van der Waals surface area contributed by atoms with Gasteiger partial charge in [-0.25, -0.2) is 0 Å². The molecule has 0 aliphatic carbocycles. The molecule has 0 bridgehead atoms. The van der Waals surface area contributed by atoms with Crippen molar-refractivity contribution in [2.45, 2.75) is 13.8 Å². The Morgan fingerprint density at radius 1 is 1.08 bits per heavy atom. The Morgan fingerprint density at radius 2 is 1.58 bits per heavy atom. The molecule has 0 saturated heterocycles. The van der Waals surface area contributed by atoms with E-state index in [0.29, 0.717) is 0 Å². The number of carbonyl (C=O) groups is 3. The summed E-state index contributed by atoms with van der Waals surface area (Å²) in [6.45, 7) is 3.21. The van der Waals surface area contributed by atoms with Gasteiger partial charge in [-0.05, 0) is 26.0 Å². The van der Waals surface area contributed by atoms with Crippen LogP contribution in [0.15, 0.2) is 24.3 Å². The molecule has 3 amide bonds. The van der Waals surface area contributed by atoms with Crippen LogP contribution in [0.2, 0.25) is 0 Å². The maximum absolute atomic E-state index is 12.3. The first kappa shape index (κ1) is 18.3. The molecule has 1 aliphatic heterocycles. The first-order chi connectivity index (χ1) is 11.4. The number of hydrogen-bond acceptors (Lipinski definition) is 6. The normalized spacial score (nSPS) is 14.0.